The number of rotatable bonds is 4. The maximum absolute atomic E-state index is 6.15. The molecule has 2 atom stereocenters. The first-order valence-electron chi connectivity index (χ1n) is 7.39. The lowest BCUT2D eigenvalue weighted by atomic mass is 9.86. The Morgan fingerprint density at radius 3 is 3.14 bits per heavy atom. The van der Waals surface area contributed by atoms with E-state index in [-0.39, 0.29) is 6.10 Å². The lowest BCUT2D eigenvalue weighted by Crippen LogP contribution is -2.19. The van der Waals surface area contributed by atoms with E-state index >= 15 is 0 Å². The Morgan fingerprint density at radius 2 is 2.38 bits per heavy atom. The number of hydrogen-bond donors (Lipinski definition) is 0. The molecule has 2 aliphatic rings. The van der Waals surface area contributed by atoms with Gasteiger partial charge in [-0.1, -0.05) is 24.3 Å². The molecule has 3 heteroatoms. The molecule has 1 aliphatic carbocycles. The summed E-state index contributed by atoms with van der Waals surface area (Å²) in [5.74, 6) is 2.01. The van der Waals surface area contributed by atoms with Gasteiger partial charge in [-0.15, -0.1) is 0 Å². The van der Waals surface area contributed by atoms with Gasteiger partial charge in [-0.2, -0.15) is 0 Å². The molecule has 3 nitrogen and oxygen atoms in total. The monoisotopic (exact) mass is 283 g/mol. The summed E-state index contributed by atoms with van der Waals surface area (Å²) in [5.41, 5.74) is 3.38. The lowest BCUT2D eigenvalue weighted by Gasteiger charge is -2.19. The van der Waals surface area contributed by atoms with Gasteiger partial charge in [0.1, 0.15) is 6.10 Å². The van der Waals surface area contributed by atoms with Crippen molar-refractivity contribution in [3.8, 4) is 11.5 Å². The van der Waals surface area contributed by atoms with Gasteiger partial charge in [0.15, 0.2) is 11.5 Å². The molecule has 1 aromatic rings. The molecular weight excluding hydrogens is 262 g/mol. The molecule has 3 rings (SSSR count). The van der Waals surface area contributed by atoms with Gasteiger partial charge in [-0.3, -0.25) is 4.99 Å². The van der Waals surface area contributed by atoms with Gasteiger partial charge in [0.2, 0.25) is 0 Å². The average Bonchev–Trinajstić information content (AvgIpc) is 2.86. The summed E-state index contributed by atoms with van der Waals surface area (Å²) in [7, 11) is 1.69. The topological polar surface area (TPSA) is 30.8 Å². The second kappa shape index (κ2) is 5.76. The van der Waals surface area contributed by atoms with Crippen LogP contribution in [-0.4, -0.2) is 26.0 Å². The quantitative estimate of drug-likeness (QED) is 0.620. The van der Waals surface area contributed by atoms with E-state index in [1.54, 1.807) is 7.11 Å². The maximum Gasteiger partial charge on any atom is 0.166 e. The first-order chi connectivity index (χ1) is 10.2. The third-order valence-corrected chi connectivity index (χ3v) is 3.97. The molecule has 1 aliphatic heterocycles. The van der Waals surface area contributed by atoms with Crippen LogP contribution in [0.5, 0.6) is 11.5 Å². The maximum atomic E-state index is 6.15. The molecule has 110 valence electrons. The average molecular weight is 283 g/mol. The lowest BCUT2D eigenvalue weighted by molar-refractivity contribution is 0.198. The highest BCUT2D eigenvalue weighted by Crippen LogP contribution is 2.48. The minimum Gasteiger partial charge on any atom is -0.493 e. The van der Waals surface area contributed by atoms with E-state index in [2.05, 4.69) is 29.8 Å². The summed E-state index contributed by atoms with van der Waals surface area (Å²) < 4.78 is 11.6. The van der Waals surface area contributed by atoms with E-state index in [9.17, 15) is 0 Å². The molecule has 1 heterocycles. The fraction of sp³-hybridized carbons (Fsp3) is 0.389. The number of hydrogen-bond acceptors (Lipinski definition) is 3. The minimum atomic E-state index is 0.231. The highest BCUT2D eigenvalue weighted by Gasteiger charge is 2.37. The van der Waals surface area contributed by atoms with Crippen molar-refractivity contribution >= 4 is 6.21 Å². The number of allylic oxidation sites excluding steroid dienone is 1. The number of fused-ring (bicyclic) bond motifs is 3. The van der Waals surface area contributed by atoms with Crippen molar-refractivity contribution in [2.24, 2.45) is 4.99 Å². The molecule has 0 radical (unpaired) electrons. The molecule has 0 spiro atoms. The van der Waals surface area contributed by atoms with Crippen LogP contribution in [0.4, 0.5) is 0 Å². The third kappa shape index (κ3) is 2.60. The van der Waals surface area contributed by atoms with Gasteiger partial charge in [0.05, 0.1) is 13.7 Å². The zero-order chi connectivity index (χ0) is 14.8. The van der Waals surface area contributed by atoms with Crippen LogP contribution < -0.4 is 9.47 Å². The first-order valence-corrected chi connectivity index (χ1v) is 7.39. The highest BCUT2D eigenvalue weighted by atomic mass is 16.5. The van der Waals surface area contributed by atoms with Crippen LogP contribution >= 0.6 is 0 Å². The van der Waals surface area contributed by atoms with Crippen molar-refractivity contribution in [3.05, 3.63) is 47.6 Å². The molecule has 1 aromatic carbocycles. The van der Waals surface area contributed by atoms with E-state index in [1.807, 2.05) is 19.2 Å². The van der Waals surface area contributed by atoms with E-state index < -0.39 is 0 Å². The Kier molecular flexibility index (Phi) is 3.82. The number of nitrogens with zero attached hydrogens (tertiary/aromatic N) is 1. The van der Waals surface area contributed by atoms with Gasteiger partial charge in [0, 0.05) is 23.3 Å². The van der Waals surface area contributed by atoms with Crippen molar-refractivity contribution in [1.82, 2.24) is 0 Å². The van der Waals surface area contributed by atoms with E-state index in [0.717, 1.165) is 35.5 Å². The molecule has 0 bridgehead atoms. The van der Waals surface area contributed by atoms with Crippen molar-refractivity contribution < 1.29 is 9.47 Å². The summed E-state index contributed by atoms with van der Waals surface area (Å²) in [4.78, 5) is 4.47. The molecule has 0 saturated carbocycles. The Morgan fingerprint density at radius 1 is 1.52 bits per heavy atom. The smallest absolute Gasteiger partial charge is 0.166 e. The van der Waals surface area contributed by atoms with E-state index in [1.165, 1.54) is 5.56 Å². The van der Waals surface area contributed by atoms with Crippen molar-refractivity contribution in [1.29, 1.82) is 0 Å². The predicted octanol–water partition coefficient (Wildman–Crippen LogP) is 3.88. The van der Waals surface area contributed by atoms with Crippen LogP contribution in [0.2, 0.25) is 0 Å². The standard InChI is InChI=1S/C18H21NO2/c1-12(2)10-19-11-13-8-9-16(20-3)18-17(13)14-6-4-5-7-15(14)21-18/h4,6,8-9,11,14-15H,1,5,7,10H2,2-3H3/t14?,15-/m0/s1. The fourth-order valence-corrected chi connectivity index (χ4v) is 3.01. The summed E-state index contributed by atoms with van der Waals surface area (Å²) in [6.07, 6.45) is 8.80. The Hall–Kier alpha value is -2.03. The van der Waals surface area contributed by atoms with Crippen molar-refractivity contribution in [2.45, 2.75) is 31.8 Å². The zero-order valence-electron chi connectivity index (χ0n) is 12.6. The predicted molar refractivity (Wildman–Crippen MR) is 85.8 cm³/mol. The first kappa shape index (κ1) is 13.9. The normalized spacial score (nSPS) is 22.8. The minimum absolute atomic E-state index is 0.231. The van der Waals surface area contributed by atoms with Gasteiger partial charge < -0.3 is 9.47 Å². The molecule has 0 fully saturated rings. The third-order valence-electron chi connectivity index (χ3n) is 3.97. The van der Waals surface area contributed by atoms with E-state index in [4.69, 9.17) is 9.47 Å². The van der Waals surface area contributed by atoms with Crippen molar-refractivity contribution in [3.63, 3.8) is 0 Å². The highest BCUT2D eigenvalue weighted by molar-refractivity contribution is 5.85. The number of benzene rings is 1. The van der Waals surface area contributed by atoms with Crippen LogP contribution in [0.25, 0.3) is 0 Å². The number of methoxy groups -OCH3 is 1. The zero-order valence-corrected chi connectivity index (χ0v) is 12.6. The molecule has 21 heavy (non-hydrogen) atoms. The largest absolute Gasteiger partial charge is 0.493 e. The molecule has 0 amide bonds. The van der Waals surface area contributed by atoms with Gasteiger partial charge in [0.25, 0.3) is 0 Å². The molecule has 1 unspecified atom stereocenters. The summed E-state index contributed by atoms with van der Waals surface area (Å²) in [5, 5.41) is 0. The number of aliphatic imine (C=N–C) groups is 1. The van der Waals surface area contributed by atoms with E-state index in [0.29, 0.717) is 12.5 Å². The Bertz CT molecular complexity index is 616. The summed E-state index contributed by atoms with van der Waals surface area (Å²) in [6.45, 7) is 6.53. The second-order valence-corrected chi connectivity index (χ2v) is 5.71. The molecule has 0 aromatic heterocycles. The van der Waals surface area contributed by atoms with Gasteiger partial charge >= 0.3 is 0 Å². The molecule has 0 N–H and O–H groups in total. The van der Waals surface area contributed by atoms with Crippen LogP contribution in [0.15, 0.2) is 41.4 Å². The Labute approximate surface area is 126 Å². The van der Waals surface area contributed by atoms with Crippen LogP contribution in [0.3, 0.4) is 0 Å². The van der Waals surface area contributed by atoms with Crippen molar-refractivity contribution in [2.75, 3.05) is 13.7 Å². The number of ether oxygens (including phenoxy) is 2. The fourth-order valence-electron chi connectivity index (χ4n) is 3.01. The Balaban J connectivity index is 2.01. The van der Waals surface area contributed by atoms with Gasteiger partial charge in [-0.25, -0.2) is 0 Å². The van der Waals surface area contributed by atoms with Gasteiger partial charge in [-0.05, 0) is 31.9 Å². The van der Waals surface area contributed by atoms with Crippen LogP contribution in [-0.2, 0) is 0 Å². The molecule has 0 saturated heterocycles. The second-order valence-electron chi connectivity index (χ2n) is 5.71. The SMILES string of the molecule is C=C(C)CN=Cc1ccc(OC)c2c1C1C=CCC[C@@H]1O2. The summed E-state index contributed by atoms with van der Waals surface area (Å²) >= 11 is 0. The molecular formula is C18H21NO2. The summed E-state index contributed by atoms with van der Waals surface area (Å²) in [6, 6.07) is 4.02. The van der Waals surface area contributed by atoms with Crippen LogP contribution in [0.1, 0.15) is 36.8 Å². The van der Waals surface area contributed by atoms with Crippen LogP contribution in [0, 0.1) is 0 Å².